The summed E-state index contributed by atoms with van der Waals surface area (Å²) in [7, 11) is 0. The Balaban J connectivity index is 1.89. The van der Waals surface area contributed by atoms with Gasteiger partial charge < -0.3 is 9.42 Å². The molecule has 1 aromatic heterocycles. The minimum absolute atomic E-state index is 0.364. The van der Waals surface area contributed by atoms with Crippen LogP contribution in [0, 0.1) is 0 Å². The van der Waals surface area contributed by atoms with Gasteiger partial charge in [-0.15, -0.1) is 0 Å². The molecule has 0 atom stereocenters. The maximum atomic E-state index is 10.7. The number of amides is 1. The smallest absolute Gasteiger partial charge is 0.209 e. The molecule has 4 nitrogen and oxygen atoms in total. The highest BCUT2D eigenvalue weighted by molar-refractivity contribution is 6.31. The van der Waals surface area contributed by atoms with E-state index in [1.807, 2.05) is 12.1 Å². The largest absolute Gasteiger partial charge is 0.356 e. The third-order valence-electron chi connectivity index (χ3n) is 3.53. The van der Waals surface area contributed by atoms with Crippen molar-refractivity contribution in [2.24, 2.45) is 0 Å². The van der Waals surface area contributed by atoms with Crippen LogP contribution in [0.2, 0.25) is 5.02 Å². The molecule has 94 valence electrons. The zero-order valence-electron chi connectivity index (χ0n) is 9.80. The standard InChI is InChI=1S/C13H13ClN2O2/c14-10-1-2-11-12(7-10)18-15-13(11)9-3-5-16(8-17)6-4-9/h1-2,7-9H,3-6H2. The highest BCUT2D eigenvalue weighted by Gasteiger charge is 2.24. The fourth-order valence-electron chi connectivity index (χ4n) is 2.50. The second-order valence-corrected chi connectivity index (χ2v) is 5.06. The van der Waals surface area contributed by atoms with Crippen LogP contribution in [-0.4, -0.2) is 29.6 Å². The molecule has 1 saturated heterocycles. The minimum Gasteiger partial charge on any atom is -0.356 e. The number of hydrogen-bond donors (Lipinski definition) is 0. The Bertz CT molecular complexity index is 573. The van der Waals surface area contributed by atoms with Gasteiger partial charge in [-0.1, -0.05) is 16.8 Å². The molecule has 1 aliphatic heterocycles. The van der Waals surface area contributed by atoms with E-state index in [1.165, 1.54) is 0 Å². The van der Waals surface area contributed by atoms with Gasteiger partial charge in [-0.05, 0) is 25.0 Å². The summed E-state index contributed by atoms with van der Waals surface area (Å²) in [5, 5.41) is 5.86. The lowest BCUT2D eigenvalue weighted by molar-refractivity contribution is -0.119. The lowest BCUT2D eigenvalue weighted by Crippen LogP contribution is -2.31. The van der Waals surface area contributed by atoms with Crippen LogP contribution < -0.4 is 0 Å². The first-order valence-corrected chi connectivity index (χ1v) is 6.40. The van der Waals surface area contributed by atoms with Gasteiger partial charge in [-0.25, -0.2) is 0 Å². The highest BCUT2D eigenvalue weighted by Crippen LogP contribution is 2.33. The fraction of sp³-hybridized carbons (Fsp3) is 0.385. The molecule has 18 heavy (non-hydrogen) atoms. The van der Waals surface area contributed by atoms with Gasteiger partial charge in [0.2, 0.25) is 6.41 Å². The van der Waals surface area contributed by atoms with Crippen LogP contribution in [0.1, 0.15) is 24.5 Å². The predicted molar refractivity (Wildman–Crippen MR) is 68.6 cm³/mol. The molecule has 0 aliphatic carbocycles. The number of benzene rings is 1. The van der Waals surface area contributed by atoms with Gasteiger partial charge in [0.05, 0.1) is 5.69 Å². The molecule has 2 aromatic rings. The molecular formula is C13H13ClN2O2. The lowest BCUT2D eigenvalue weighted by Gasteiger charge is -2.27. The average molecular weight is 265 g/mol. The third kappa shape index (κ3) is 1.97. The van der Waals surface area contributed by atoms with Crippen LogP contribution >= 0.6 is 11.6 Å². The lowest BCUT2D eigenvalue weighted by atomic mass is 9.92. The Morgan fingerprint density at radius 3 is 2.89 bits per heavy atom. The van der Waals surface area contributed by atoms with Crippen LogP contribution in [0.4, 0.5) is 0 Å². The maximum absolute atomic E-state index is 10.7. The summed E-state index contributed by atoms with van der Waals surface area (Å²) < 4.78 is 5.32. The van der Waals surface area contributed by atoms with Gasteiger partial charge in [0.1, 0.15) is 0 Å². The van der Waals surface area contributed by atoms with Gasteiger partial charge in [0.25, 0.3) is 0 Å². The Morgan fingerprint density at radius 1 is 1.39 bits per heavy atom. The number of piperidine rings is 1. The van der Waals surface area contributed by atoms with Crippen LogP contribution in [0.5, 0.6) is 0 Å². The third-order valence-corrected chi connectivity index (χ3v) is 3.76. The molecule has 1 aromatic carbocycles. The van der Waals surface area contributed by atoms with Crippen LogP contribution in [-0.2, 0) is 4.79 Å². The van der Waals surface area contributed by atoms with E-state index >= 15 is 0 Å². The van der Waals surface area contributed by atoms with Crippen molar-refractivity contribution in [2.75, 3.05) is 13.1 Å². The molecule has 0 N–H and O–H groups in total. The van der Waals surface area contributed by atoms with Gasteiger partial charge in [-0.3, -0.25) is 4.79 Å². The van der Waals surface area contributed by atoms with E-state index in [9.17, 15) is 4.79 Å². The molecule has 0 saturated carbocycles. The first-order chi connectivity index (χ1) is 8.78. The summed E-state index contributed by atoms with van der Waals surface area (Å²) >= 11 is 5.92. The Kier molecular flexibility index (Phi) is 2.96. The molecule has 5 heteroatoms. The quantitative estimate of drug-likeness (QED) is 0.784. The number of halogens is 1. The molecule has 0 spiro atoms. The van der Waals surface area contributed by atoms with Gasteiger partial charge in [0.15, 0.2) is 5.58 Å². The van der Waals surface area contributed by atoms with E-state index in [0.717, 1.165) is 49.0 Å². The van der Waals surface area contributed by atoms with E-state index in [-0.39, 0.29) is 0 Å². The van der Waals surface area contributed by atoms with Crippen LogP contribution in [0.25, 0.3) is 11.0 Å². The van der Waals surface area contributed by atoms with Crippen molar-refractivity contribution >= 4 is 29.0 Å². The number of rotatable bonds is 2. The molecular weight excluding hydrogens is 252 g/mol. The van der Waals surface area contributed by atoms with Crippen molar-refractivity contribution < 1.29 is 9.32 Å². The summed E-state index contributed by atoms with van der Waals surface area (Å²) in [6.45, 7) is 1.58. The van der Waals surface area contributed by atoms with Crippen molar-refractivity contribution in [1.82, 2.24) is 10.1 Å². The zero-order chi connectivity index (χ0) is 12.5. The summed E-state index contributed by atoms with van der Waals surface area (Å²) in [4.78, 5) is 12.5. The van der Waals surface area contributed by atoms with E-state index in [0.29, 0.717) is 10.9 Å². The predicted octanol–water partition coefficient (Wildman–Crippen LogP) is 2.82. The number of hydrogen-bond acceptors (Lipinski definition) is 3. The molecule has 1 aliphatic rings. The summed E-state index contributed by atoms with van der Waals surface area (Å²) in [6.07, 6.45) is 2.78. The number of fused-ring (bicyclic) bond motifs is 1. The minimum atomic E-state index is 0.364. The SMILES string of the molecule is O=CN1CCC(c2noc3cc(Cl)ccc23)CC1. The number of aromatic nitrogens is 1. The fourth-order valence-corrected chi connectivity index (χ4v) is 2.67. The summed E-state index contributed by atoms with van der Waals surface area (Å²) in [5.41, 5.74) is 1.72. The van der Waals surface area contributed by atoms with E-state index in [1.54, 1.807) is 11.0 Å². The molecule has 2 heterocycles. The Hall–Kier alpha value is -1.55. The molecule has 0 bridgehead atoms. The topological polar surface area (TPSA) is 46.3 Å². The average Bonchev–Trinajstić information content (AvgIpc) is 2.81. The van der Waals surface area contributed by atoms with Crippen molar-refractivity contribution in [2.45, 2.75) is 18.8 Å². The summed E-state index contributed by atoms with van der Waals surface area (Å²) in [6, 6.07) is 5.59. The van der Waals surface area contributed by atoms with Crippen molar-refractivity contribution in [3.8, 4) is 0 Å². The van der Waals surface area contributed by atoms with Crippen molar-refractivity contribution in [3.63, 3.8) is 0 Å². The molecule has 1 fully saturated rings. The van der Waals surface area contributed by atoms with Gasteiger partial charge in [-0.2, -0.15) is 0 Å². The Labute approximate surface area is 109 Å². The summed E-state index contributed by atoms with van der Waals surface area (Å²) in [5.74, 6) is 0.364. The zero-order valence-corrected chi connectivity index (χ0v) is 10.6. The number of nitrogens with zero attached hydrogens (tertiary/aromatic N) is 2. The molecule has 3 rings (SSSR count). The molecule has 0 unspecified atom stereocenters. The number of likely N-dealkylation sites (tertiary alicyclic amines) is 1. The highest BCUT2D eigenvalue weighted by atomic mass is 35.5. The Morgan fingerprint density at radius 2 is 2.17 bits per heavy atom. The molecule has 1 amide bonds. The van der Waals surface area contributed by atoms with E-state index in [2.05, 4.69) is 5.16 Å². The first kappa shape index (κ1) is 11.5. The first-order valence-electron chi connectivity index (χ1n) is 6.02. The van der Waals surface area contributed by atoms with Gasteiger partial charge in [0, 0.05) is 35.5 Å². The van der Waals surface area contributed by atoms with Gasteiger partial charge >= 0.3 is 0 Å². The molecule has 0 radical (unpaired) electrons. The normalized spacial score (nSPS) is 17.3. The number of carbonyl (C=O) groups is 1. The second-order valence-electron chi connectivity index (χ2n) is 4.62. The second kappa shape index (κ2) is 4.61. The maximum Gasteiger partial charge on any atom is 0.209 e. The van der Waals surface area contributed by atoms with Crippen LogP contribution in [0.3, 0.4) is 0 Å². The number of carbonyl (C=O) groups excluding carboxylic acids is 1. The van der Waals surface area contributed by atoms with Crippen LogP contribution in [0.15, 0.2) is 22.7 Å². The van der Waals surface area contributed by atoms with E-state index < -0.39 is 0 Å². The monoisotopic (exact) mass is 264 g/mol. The van der Waals surface area contributed by atoms with Crippen molar-refractivity contribution in [3.05, 3.63) is 28.9 Å². The van der Waals surface area contributed by atoms with Crippen molar-refractivity contribution in [1.29, 1.82) is 0 Å². The van der Waals surface area contributed by atoms with E-state index in [4.69, 9.17) is 16.1 Å².